The number of pyridine rings is 1. The molecular formula is C19H21N3O4. The summed E-state index contributed by atoms with van der Waals surface area (Å²) in [5, 5.41) is 5.41. The topological polar surface area (TPSA) is 97.4 Å². The second kappa shape index (κ2) is 9.43. The second-order valence-corrected chi connectivity index (χ2v) is 5.60. The van der Waals surface area contributed by atoms with Gasteiger partial charge >= 0.3 is 0 Å². The highest BCUT2D eigenvalue weighted by Crippen LogP contribution is 2.11. The molecule has 0 saturated carbocycles. The number of carbonyl (C=O) groups excluding carboxylic acids is 3. The minimum Gasteiger partial charge on any atom is -0.385 e. The van der Waals surface area contributed by atoms with Gasteiger partial charge in [-0.25, -0.2) is 4.98 Å². The van der Waals surface area contributed by atoms with E-state index >= 15 is 0 Å². The lowest BCUT2D eigenvalue weighted by Crippen LogP contribution is -2.27. The maximum Gasteiger partial charge on any atom is 0.274 e. The molecule has 0 atom stereocenters. The van der Waals surface area contributed by atoms with Gasteiger partial charge in [0.2, 0.25) is 0 Å². The first kappa shape index (κ1) is 19.3. The SMILES string of the molecule is COCCCNC(=O)c1cccc(C(=O)Nc2ccc(C(C)=O)cc2)n1. The Morgan fingerprint density at radius 3 is 2.27 bits per heavy atom. The Labute approximate surface area is 151 Å². The molecule has 2 rings (SSSR count). The van der Waals surface area contributed by atoms with Gasteiger partial charge in [-0.2, -0.15) is 0 Å². The quantitative estimate of drug-likeness (QED) is 0.559. The number of ether oxygens (including phenoxy) is 1. The Morgan fingerprint density at radius 2 is 1.65 bits per heavy atom. The molecule has 0 bridgehead atoms. The number of carbonyl (C=O) groups is 3. The summed E-state index contributed by atoms with van der Waals surface area (Å²) >= 11 is 0. The molecule has 26 heavy (non-hydrogen) atoms. The van der Waals surface area contributed by atoms with E-state index < -0.39 is 5.91 Å². The van der Waals surface area contributed by atoms with Crippen LogP contribution in [-0.2, 0) is 4.74 Å². The summed E-state index contributed by atoms with van der Waals surface area (Å²) < 4.78 is 4.92. The van der Waals surface area contributed by atoms with E-state index in [1.807, 2.05) is 0 Å². The molecule has 0 spiro atoms. The monoisotopic (exact) mass is 355 g/mol. The molecule has 2 amide bonds. The number of hydrogen-bond donors (Lipinski definition) is 2. The molecule has 0 aliphatic heterocycles. The Morgan fingerprint density at radius 1 is 1.00 bits per heavy atom. The Balaban J connectivity index is 2.00. The van der Waals surface area contributed by atoms with Crippen LogP contribution in [0.1, 0.15) is 44.7 Å². The molecule has 136 valence electrons. The van der Waals surface area contributed by atoms with E-state index in [9.17, 15) is 14.4 Å². The zero-order chi connectivity index (χ0) is 18.9. The average molecular weight is 355 g/mol. The third-order valence-corrected chi connectivity index (χ3v) is 3.57. The van der Waals surface area contributed by atoms with Crippen LogP contribution in [-0.4, -0.2) is 42.8 Å². The van der Waals surface area contributed by atoms with E-state index in [1.165, 1.54) is 13.0 Å². The summed E-state index contributed by atoms with van der Waals surface area (Å²) in [6, 6.07) is 11.2. The van der Waals surface area contributed by atoms with Crippen molar-refractivity contribution >= 4 is 23.3 Å². The maximum atomic E-state index is 12.3. The van der Waals surface area contributed by atoms with Crippen LogP contribution in [0, 0.1) is 0 Å². The summed E-state index contributed by atoms with van der Waals surface area (Å²) in [4.78, 5) is 39.8. The van der Waals surface area contributed by atoms with Crippen molar-refractivity contribution in [2.45, 2.75) is 13.3 Å². The van der Waals surface area contributed by atoms with E-state index in [-0.39, 0.29) is 23.1 Å². The van der Waals surface area contributed by atoms with Gasteiger partial charge in [-0.3, -0.25) is 14.4 Å². The van der Waals surface area contributed by atoms with Crippen molar-refractivity contribution in [1.29, 1.82) is 0 Å². The minimum absolute atomic E-state index is 0.0474. The predicted octanol–water partition coefficient (Wildman–Crippen LogP) is 2.30. The van der Waals surface area contributed by atoms with Gasteiger partial charge < -0.3 is 15.4 Å². The van der Waals surface area contributed by atoms with Crippen LogP contribution in [0.15, 0.2) is 42.5 Å². The average Bonchev–Trinajstić information content (AvgIpc) is 2.65. The Kier molecular flexibility index (Phi) is 6.99. The molecule has 0 unspecified atom stereocenters. The van der Waals surface area contributed by atoms with Gasteiger partial charge in [-0.15, -0.1) is 0 Å². The predicted molar refractivity (Wildman–Crippen MR) is 97.5 cm³/mol. The molecule has 0 aliphatic rings. The van der Waals surface area contributed by atoms with Gasteiger partial charge in [-0.1, -0.05) is 6.07 Å². The maximum absolute atomic E-state index is 12.3. The summed E-state index contributed by atoms with van der Waals surface area (Å²) in [6.45, 7) is 2.50. The van der Waals surface area contributed by atoms with Crippen LogP contribution in [0.25, 0.3) is 0 Å². The van der Waals surface area contributed by atoms with Gasteiger partial charge in [0.1, 0.15) is 11.4 Å². The summed E-state index contributed by atoms with van der Waals surface area (Å²) in [5.74, 6) is -0.829. The fourth-order valence-electron chi connectivity index (χ4n) is 2.18. The number of Topliss-reactive ketones (excluding diaryl/α,β-unsaturated/α-hetero) is 1. The zero-order valence-electron chi connectivity index (χ0n) is 14.7. The molecule has 0 saturated heterocycles. The van der Waals surface area contributed by atoms with E-state index in [2.05, 4.69) is 15.6 Å². The standard InChI is InChI=1S/C19H21N3O4/c1-13(23)14-7-9-15(10-8-14)21-19(25)17-6-3-5-16(22-17)18(24)20-11-4-12-26-2/h3,5-10H,4,11-12H2,1-2H3,(H,20,24)(H,21,25). The third-order valence-electron chi connectivity index (χ3n) is 3.57. The third kappa shape index (κ3) is 5.49. The molecule has 1 heterocycles. The first-order valence-electron chi connectivity index (χ1n) is 8.18. The number of aromatic nitrogens is 1. The van der Waals surface area contributed by atoms with Crippen LogP contribution in [0.5, 0.6) is 0 Å². The molecule has 0 aliphatic carbocycles. The van der Waals surface area contributed by atoms with E-state index in [0.717, 1.165) is 0 Å². The van der Waals surface area contributed by atoms with Crippen LogP contribution >= 0.6 is 0 Å². The van der Waals surface area contributed by atoms with Crippen LogP contribution in [0.4, 0.5) is 5.69 Å². The Bertz CT molecular complexity index is 788. The number of amides is 2. The number of anilines is 1. The highest BCUT2D eigenvalue weighted by molar-refractivity contribution is 6.04. The number of nitrogens with one attached hydrogen (secondary N) is 2. The summed E-state index contributed by atoms with van der Waals surface area (Å²) in [7, 11) is 1.60. The molecule has 0 radical (unpaired) electrons. The van der Waals surface area contributed by atoms with Crippen LogP contribution < -0.4 is 10.6 Å². The first-order chi connectivity index (χ1) is 12.5. The molecule has 2 N–H and O–H groups in total. The van der Waals surface area contributed by atoms with E-state index in [1.54, 1.807) is 43.5 Å². The zero-order valence-corrected chi connectivity index (χ0v) is 14.7. The van der Waals surface area contributed by atoms with Crippen molar-refractivity contribution in [3.8, 4) is 0 Å². The van der Waals surface area contributed by atoms with Crippen molar-refractivity contribution in [2.24, 2.45) is 0 Å². The molecular weight excluding hydrogens is 334 g/mol. The van der Waals surface area contributed by atoms with Gasteiger partial charge in [0.15, 0.2) is 5.78 Å². The smallest absolute Gasteiger partial charge is 0.274 e. The number of rotatable bonds is 8. The molecule has 1 aromatic heterocycles. The van der Waals surface area contributed by atoms with Crippen LogP contribution in [0.3, 0.4) is 0 Å². The van der Waals surface area contributed by atoms with E-state index in [4.69, 9.17) is 4.74 Å². The van der Waals surface area contributed by atoms with Gasteiger partial charge in [0.25, 0.3) is 11.8 Å². The molecule has 2 aromatic rings. The van der Waals surface area contributed by atoms with Gasteiger partial charge in [0, 0.05) is 31.5 Å². The Hall–Kier alpha value is -3.06. The highest BCUT2D eigenvalue weighted by atomic mass is 16.5. The van der Waals surface area contributed by atoms with Crippen LogP contribution in [0.2, 0.25) is 0 Å². The van der Waals surface area contributed by atoms with Crippen molar-refractivity contribution in [3.63, 3.8) is 0 Å². The lowest BCUT2D eigenvalue weighted by atomic mass is 10.1. The normalized spacial score (nSPS) is 10.2. The number of methoxy groups -OCH3 is 1. The van der Waals surface area contributed by atoms with Crippen molar-refractivity contribution in [2.75, 3.05) is 25.6 Å². The number of nitrogens with zero attached hydrogens (tertiary/aromatic N) is 1. The largest absolute Gasteiger partial charge is 0.385 e. The van der Waals surface area contributed by atoms with Gasteiger partial charge in [-0.05, 0) is 49.7 Å². The first-order valence-corrected chi connectivity index (χ1v) is 8.18. The number of benzene rings is 1. The molecule has 7 nitrogen and oxygen atoms in total. The van der Waals surface area contributed by atoms with Crippen molar-refractivity contribution < 1.29 is 19.1 Å². The highest BCUT2D eigenvalue weighted by Gasteiger charge is 2.12. The fraction of sp³-hybridized carbons (Fsp3) is 0.263. The van der Waals surface area contributed by atoms with Crippen molar-refractivity contribution in [3.05, 3.63) is 59.4 Å². The lowest BCUT2D eigenvalue weighted by molar-refractivity contribution is 0.0942. The number of ketones is 1. The number of hydrogen-bond acceptors (Lipinski definition) is 5. The summed E-state index contributed by atoms with van der Waals surface area (Å²) in [5.41, 5.74) is 1.40. The minimum atomic E-state index is -0.436. The molecule has 7 heteroatoms. The lowest BCUT2D eigenvalue weighted by Gasteiger charge is -2.07. The van der Waals surface area contributed by atoms with Gasteiger partial charge in [0.05, 0.1) is 0 Å². The van der Waals surface area contributed by atoms with E-state index in [0.29, 0.717) is 30.8 Å². The molecule has 0 fully saturated rings. The summed E-state index contributed by atoms with van der Waals surface area (Å²) in [6.07, 6.45) is 0.693. The fourth-order valence-corrected chi connectivity index (χ4v) is 2.18. The second-order valence-electron chi connectivity index (χ2n) is 5.60. The van der Waals surface area contributed by atoms with Crippen molar-refractivity contribution in [1.82, 2.24) is 10.3 Å². The molecule has 1 aromatic carbocycles.